The molecule has 1 aromatic rings. The number of rotatable bonds is 6. The highest BCUT2D eigenvalue weighted by molar-refractivity contribution is 6.52. The van der Waals surface area contributed by atoms with Gasteiger partial charge in [0.2, 0.25) is 0 Å². The number of fused-ring (bicyclic) bond motifs is 1. The van der Waals surface area contributed by atoms with E-state index in [0.29, 0.717) is 23.9 Å². The average Bonchev–Trinajstić information content (AvgIpc) is 2.69. The van der Waals surface area contributed by atoms with Crippen LogP contribution in [0.25, 0.3) is 0 Å². The van der Waals surface area contributed by atoms with Crippen molar-refractivity contribution in [3.63, 3.8) is 0 Å². The van der Waals surface area contributed by atoms with Crippen molar-refractivity contribution in [2.75, 3.05) is 17.3 Å². The molecule has 1 amide bonds. The first-order valence-electron chi connectivity index (χ1n) is 7.13. The smallest absolute Gasteiger partial charge is 0.299 e. The quantitative estimate of drug-likeness (QED) is 0.595. The van der Waals surface area contributed by atoms with E-state index in [2.05, 4.69) is 6.92 Å². The second kappa shape index (κ2) is 6.40. The fourth-order valence-electron chi connectivity index (χ4n) is 2.47. The van der Waals surface area contributed by atoms with E-state index in [4.69, 9.17) is 11.6 Å². The zero-order valence-corrected chi connectivity index (χ0v) is 12.7. The summed E-state index contributed by atoms with van der Waals surface area (Å²) in [4.78, 5) is 25.7. The number of benzene rings is 1. The van der Waals surface area contributed by atoms with Crippen LogP contribution in [-0.4, -0.2) is 24.1 Å². The van der Waals surface area contributed by atoms with Crippen molar-refractivity contribution < 1.29 is 9.59 Å². The molecule has 0 N–H and O–H groups in total. The van der Waals surface area contributed by atoms with Crippen LogP contribution in [0.2, 0.25) is 0 Å². The Morgan fingerprint density at radius 1 is 1.25 bits per heavy atom. The molecule has 1 aliphatic heterocycles. The van der Waals surface area contributed by atoms with E-state index in [9.17, 15) is 9.59 Å². The second-order valence-corrected chi connectivity index (χ2v) is 5.74. The Kier molecular flexibility index (Phi) is 4.81. The first-order chi connectivity index (χ1) is 9.58. The molecule has 0 radical (unpaired) electrons. The molecule has 0 spiro atoms. The first-order valence-corrected chi connectivity index (χ1v) is 7.67. The molecular formula is C16H20ClNO2. The van der Waals surface area contributed by atoms with Crippen LogP contribution in [0, 0.1) is 5.92 Å². The lowest BCUT2D eigenvalue weighted by Gasteiger charge is -2.19. The number of amides is 1. The van der Waals surface area contributed by atoms with Crippen LogP contribution in [0.4, 0.5) is 5.69 Å². The second-order valence-electron chi connectivity index (χ2n) is 5.36. The number of carbonyl (C=O) groups is 2. The third-order valence-corrected chi connectivity index (χ3v) is 4.11. The standard InChI is InChI=1S/C16H20ClNO2/c1-3-12-4-5-14-13(10-12)15(19)16(20)18(14)9-7-11(2)6-8-17/h4-5,10-11H,3,6-9H2,1-2H3. The van der Waals surface area contributed by atoms with Crippen LogP contribution in [-0.2, 0) is 11.2 Å². The van der Waals surface area contributed by atoms with E-state index in [1.807, 2.05) is 25.1 Å². The number of hydrogen-bond acceptors (Lipinski definition) is 2. The maximum atomic E-state index is 12.1. The van der Waals surface area contributed by atoms with Crippen molar-refractivity contribution in [2.24, 2.45) is 5.92 Å². The Balaban J connectivity index is 2.16. The van der Waals surface area contributed by atoms with Crippen LogP contribution < -0.4 is 4.90 Å². The molecule has 1 atom stereocenters. The summed E-state index contributed by atoms with van der Waals surface area (Å²) in [6, 6.07) is 5.72. The monoisotopic (exact) mass is 293 g/mol. The predicted octanol–water partition coefficient (Wildman–Crippen LogP) is 3.43. The molecular weight excluding hydrogens is 274 g/mol. The van der Waals surface area contributed by atoms with E-state index in [1.165, 1.54) is 0 Å². The summed E-state index contributed by atoms with van der Waals surface area (Å²) in [5, 5.41) is 0. The van der Waals surface area contributed by atoms with Crippen molar-refractivity contribution >= 4 is 29.0 Å². The molecule has 0 aliphatic carbocycles. The molecule has 0 aromatic heterocycles. The molecule has 1 aliphatic rings. The first kappa shape index (κ1) is 15.0. The third-order valence-electron chi connectivity index (χ3n) is 3.89. The number of anilines is 1. The maximum Gasteiger partial charge on any atom is 0.299 e. The predicted molar refractivity (Wildman–Crippen MR) is 81.6 cm³/mol. The van der Waals surface area contributed by atoms with Crippen molar-refractivity contribution in [1.29, 1.82) is 0 Å². The summed E-state index contributed by atoms with van der Waals surface area (Å²) in [7, 11) is 0. The van der Waals surface area contributed by atoms with E-state index >= 15 is 0 Å². The van der Waals surface area contributed by atoms with Crippen molar-refractivity contribution in [1.82, 2.24) is 0 Å². The summed E-state index contributed by atoms with van der Waals surface area (Å²) in [6.45, 7) is 4.74. The van der Waals surface area contributed by atoms with Gasteiger partial charge in [0.15, 0.2) is 0 Å². The van der Waals surface area contributed by atoms with Gasteiger partial charge in [-0.05, 0) is 42.9 Å². The van der Waals surface area contributed by atoms with Crippen LogP contribution in [0.15, 0.2) is 18.2 Å². The minimum Gasteiger partial charge on any atom is -0.305 e. The molecule has 1 heterocycles. The fourth-order valence-corrected chi connectivity index (χ4v) is 2.84. The Labute approximate surface area is 124 Å². The largest absolute Gasteiger partial charge is 0.305 e. The lowest BCUT2D eigenvalue weighted by atomic mass is 10.0. The number of aryl methyl sites for hydroxylation is 1. The minimum atomic E-state index is -0.397. The average molecular weight is 294 g/mol. The van der Waals surface area contributed by atoms with Gasteiger partial charge in [-0.3, -0.25) is 9.59 Å². The van der Waals surface area contributed by atoms with Crippen LogP contribution in [0.1, 0.15) is 42.6 Å². The number of ketones is 1. The van der Waals surface area contributed by atoms with Gasteiger partial charge in [0, 0.05) is 12.4 Å². The van der Waals surface area contributed by atoms with E-state index in [-0.39, 0.29) is 5.78 Å². The SMILES string of the molecule is CCc1ccc2c(c1)C(=O)C(=O)N2CCC(C)CCCl. The molecule has 0 fully saturated rings. The van der Waals surface area contributed by atoms with Gasteiger partial charge in [-0.2, -0.15) is 0 Å². The summed E-state index contributed by atoms with van der Waals surface area (Å²) in [5.74, 6) is 0.311. The highest BCUT2D eigenvalue weighted by Gasteiger charge is 2.35. The zero-order chi connectivity index (χ0) is 14.7. The lowest BCUT2D eigenvalue weighted by molar-refractivity contribution is -0.114. The van der Waals surface area contributed by atoms with Crippen LogP contribution in [0.5, 0.6) is 0 Å². The van der Waals surface area contributed by atoms with Crippen LogP contribution >= 0.6 is 11.6 Å². The molecule has 20 heavy (non-hydrogen) atoms. The molecule has 108 valence electrons. The number of halogens is 1. The fraction of sp³-hybridized carbons (Fsp3) is 0.500. The van der Waals surface area contributed by atoms with E-state index < -0.39 is 5.91 Å². The van der Waals surface area contributed by atoms with Gasteiger partial charge in [-0.15, -0.1) is 11.6 Å². The van der Waals surface area contributed by atoms with Gasteiger partial charge >= 0.3 is 0 Å². The number of carbonyl (C=O) groups excluding carboxylic acids is 2. The Hall–Kier alpha value is -1.35. The Morgan fingerprint density at radius 3 is 2.65 bits per heavy atom. The molecule has 1 aromatic carbocycles. The molecule has 0 bridgehead atoms. The molecule has 3 nitrogen and oxygen atoms in total. The van der Waals surface area contributed by atoms with E-state index in [0.717, 1.165) is 30.5 Å². The van der Waals surface area contributed by atoms with Gasteiger partial charge in [0.25, 0.3) is 11.7 Å². The van der Waals surface area contributed by atoms with Crippen molar-refractivity contribution in [3.8, 4) is 0 Å². The molecule has 2 rings (SSSR count). The number of alkyl halides is 1. The van der Waals surface area contributed by atoms with Gasteiger partial charge in [0.1, 0.15) is 0 Å². The molecule has 0 saturated carbocycles. The van der Waals surface area contributed by atoms with Crippen LogP contribution in [0.3, 0.4) is 0 Å². The lowest BCUT2D eigenvalue weighted by Crippen LogP contribution is -2.31. The minimum absolute atomic E-state index is 0.375. The number of nitrogens with zero attached hydrogens (tertiary/aromatic N) is 1. The summed E-state index contributed by atoms with van der Waals surface area (Å²) in [5.41, 5.74) is 2.40. The van der Waals surface area contributed by atoms with Gasteiger partial charge < -0.3 is 4.90 Å². The molecule has 1 unspecified atom stereocenters. The van der Waals surface area contributed by atoms with E-state index in [1.54, 1.807) is 4.90 Å². The normalized spacial score (nSPS) is 15.7. The van der Waals surface area contributed by atoms with Gasteiger partial charge in [0.05, 0.1) is 11.3 Å². The Morgan fingerprint density at radius 2 is 2.00 bits per heavy atom. The molecule has 4 heteroatoms. The Bertz CT molecular complexity index is 527. The van der Waals surface area contributed by atoms with Crippen molar-refractivity contribution in [3.05, 3.63) is 29.3 Å². The summed E-state index contributed by atoms with van der Waals surface area (Å²) >= 11 is 5.72. The van der Waals surface area contributed by atoms with Crippen molar-refractivity contribution in [2.45, 2.75) is 33.1 Å². The highest BCUT2D eigenvalue weighted by atomic mass is 35.5. The maximum absolute atomic E-state index is 12.1. The topological polar surface area (TPSA) is 37.4 Å². The summed E-state index contributed by atoms with van der Waals surface area (Å²) < 4.78 is 0. The molecule has 0 saturated heterocycles. The number of Topliss-reactive ketones (excluding diaryl/α,β-unsaturated/α-hetero) is 1. The third kappa shape index (κ3) is 2.88. The number of hydrogen-bond donors (Lipinski definition) is 0. The zero-order valence-electron chi connectivity index (χ0n) is 12.0. The summed E-state index contributed by atoms with van der Waals surface area (Å²) in [6.07, 6.45) is 2.65. The highest BCUT2D eigenvalue weighted by Crippen LogP contribution is 2.30. The van der Waals surface area contributed by atoms with Gasteiger partial charge in [-0.25, -0.2) is 0 Å². The van der Waals surface area contributed by atoms with Gasteiger partial charge in [-0.1, -0.05) is 19.9 Å².